The highest BCUT2D eigenvalue weighted by Crippen LogP contribution is 2.27. The molecule has 0 saturated carbocycles. The average Bonchev–Trinajstić information content (AvgIpc) is 3.39. The molecule has 0 spiro atoms. The number of benzene rings is 3. The first-order valence-corrected chi connectivity index (χ1v) is 13.5. The Morgan fingerprint density at radius 3 is 1.88 bits per heavy atom. The van der Waals surface area contributed by atoms with Crippen LogP contribution in [0.5, 0.6) is 5.75 Å². The Kier molecular flexibility index (Phi) is 6.85. The summed E-state index contributed by atoms with van der Waals surface area (Å²) in [7, 11) is -5.98. The monoisotopic (exact) mass is 486 g/mol. The SMILES string of the molecule is COc1ccc(C(NS(=O)(=O)c2ccc(S(=O)(=O)N3CCCC3)cc2)c2ccccc2)cc1. The van der Waals surface area contributed by atoms with E-state index in [2.05, 4.69) is 4.72 Å². The van der Waals surface area contributed by atoms with E-state index < -0.39 is 26.1 Å². The van der Waals surface area contributed by atoms with E-state index in [-0.39, 0.29) is 9.79 Å². The third-order valence-electron chi connectivity index (χ3n) is 5.69. The minimum atomic E-state index is -3.94. The van der Waals surface area contributed by atoms with Gasteiger partial charge in [-0.2, -0.15) is 9.03 Å². The van der Waals surface area contributed by atoms with Gasteiger partial charge in [0.1, 0.15) is 5.75 Å². The van der Waals surface area contributed by atoms with Crippen LogP contribution in [0.1, 0.15) is 30.0 Å². The Balaban J connectivity index is 1.63. The van der Waals surface area contributed by atoms with E-state index in [9.17, 15) is 16.8 Å². The van der Waals surface area contributed by atoms with Gasteiger partial charge in [-0.05, 0) is 60.4 Å². The number of rotatable bonds is 8. The van der Waals surface area contributed by atoms with Crippen molar-refractivity contribution in [2.45, 2.75) is 28.7 Å². The van der Waals surface area contributed by atoms with E-state index >= 15 is 0 Å². The lowest BCUT2D eigenvalue weighted by atomic mass is 10.00. The second kappa shape index (κ2) is 9.64. The summed E-state index contributed by atoms with van der Waals surface area (Å²) in [5.74, 6) is 0.670. The van der Waals surface area contributed by atoms with Gasteiger partial charge in [-0.15, -0.1) is 0 Å². The Morgan fingerprint density at radius 1 is 0.758 bits per heavy atom. The van der Waals surface area contributed by atoms with Crippen molar-refractivity contribution in [3.8, 4) is 5.75 Å². The fourth-order valence-electron chi connectivity index (χ4n) is 3.86. The van der Waals surface area contributed by atoms with Crippen LogP contribution in [0, 0.1) is 0 Å². The summed E-state index contributed by atoms with van der Waals surface area (Å²) in [5.41, 5.74) is 1.53. The molecule has 1 aliphatic rings. The van der Waals surface area contributed by atoms with Crippen LogP contribution in [-0.2, 0) is 20.0 Å². The minimum Gasteiger partial charge on any atom is -0.497 e. The van der Waals surface area contributed by atoms with Gasteiger partial charge < -0.3 is 4.74 Å². The smallest absolute Gasteiger partial charge is 0.243 e. The molecule has 33 heavy (non-hydrogen) atoms. The van der Waals surface area contributed by atoms with E-state index in [4.69, 9.17) is 4.74 Å². The van der Waals surface area contributed by atoms with E-state index in [1.54, 1.807) is 19.2 Å². The molecule has 1 heterocycles. The van der Waals surface area contributed by atoms with Crippen molar-refractivity contribution in [1.82, 2.24) is 9.03 Å². The number of methoxy groups -OCH3 is 1. The van der Waals surface area contributed by atoms with Gasteiger partial charge in [-0.1, -0.05) is 42.5 Å². The molecule has 1 aliphatic heterocycles. The molecule has 3 aromatic rings. The van der Waals surface area contributed by atoms with Crippen LogP contribution in [0.2, 0.25) is 0 Å². The first-order chi connectivity index (χ1) is 15.8. The molecule has 0 aromatic heterocycles. The molecule has 7 nitrogen and oxygen atoms in total. The van der Waals surface area contributed by atoms with Crippen molar-refractivity contribution in [3.05, 3.63) is 90.0 Å². The molecule has 0 aliphatic carbocycles. The Morgan fingerprint density at radius 2 is 1.30 bits per heavy atom. The lowest BCUT2D eigenvalue weighted by molar-refractivity contribution is 0.414. The van der Waals surface area contributed by atoms with Gasteiger partial charge in [0.2, 0.25) is 20.0 Å². The van der Waals surface area contributed by atoms with Gasteiger partial charge in [0.05, 0.1) is 22.9 Å². The summed E-state index contributed by atoms with van der Waals surface area (Å²) >= 11 is 0. The summed E-state index contributed by atoms with van der Waals surface area (Å²) in [6.07, 6.45) is 1.67. The normalized spacial score (nSPS) is 15.9. The molecule has 1 atom stereocenters. The third kappa shape index (κ3) is 5.11. The average molecular weight is 487 g/mol. The van der Waals surface area contributed by atoms with Crippen molar-refractivity contribution in [2.75, 3.05) is 20.2 Å². The van der Waals surface area contributed by atoms with Crippen LogP contribution in [0.15, 0.2) is 88.7 Å². The second-order valence-electron chi connectivity index (χ2n) is 7.82. The molecular weight excluding hydrogens is 460 g/mol. The minimum absolute atomic E-state index is 0.00249. The van der Waals surface area contributed by atoms with Crippen molar-refractivity contribution in [3.63, 3.8) is 0 Å². The standard InChI is InChI=1S/C24H26N2O5S2/c1-31-21-11-9-20(10-12-21)24(19-7-3-2-4-8-19)25-32(27,28)22-13-15-23(16-14-22)33(29,30)26-17-5-6-18-26/h2-4,7-16,24-25H,5-6,17-18H2,1H3. The lowest BCUT2D eigenvalue weighted by Gasteiger charge is -2.20. The van der Waals surface area contributed by atoms with Crippen molar-refractivity contribution < 1.29 is 21.6 Å². The summed E-state index contributed by atoms with van der Waals surface area (Å²) in [5, 5.41) is 0. The zero-order valence-electron chi connectivity index (χ0n) is 18.2. The maximum atomic E-state index is 13.2. The predicted molar refractivity (Wildman–Crippen MR) is 126 cm³/mol. The van der Waals surface area contributed by atoms with Gasteiger partial charge in [-0.3, -0.25) is 0 Å². The summed E-state index contributed by atoms with van der Waals surface area (Å²) < 4.78 is 61.4. The maximum absolute atomic E-state index is 13.2. The van der Waals surface area contributed by atoms with Gasteiger partial charge in [0.15, 0.2) is 0 Å². The third-order valence-corrected chi connectivity index (χ3v) is 9.04. The number of hydrogen-bond donors (Lipinski definition) is 1. The second-order valence-corrected chi connectivity index (χ2v) is 11.5. The van der Waals surface area contributed by atoms with Crippen LogP contribution >= 0.6 is 0 Å². The highest BCUT2D eigenvalue weighted by molar-refractivity contribution is 7.89. The first-order valence-electron chi connectivity index (χ1n) is 10.6. The number of nitrogens with zero attached hydrogens (tertiary/aromatic N) is 1. The largest absolute Gasteiger partial charge is 0.497 e. The van der Waals surface area contributed by atoms with Crippen LogP contribution in [0.4, 0.5) is 0 Å². The molecule has 4 rings (SSSR count). The Bertz CT molecular complexity index is 1290. The molecule has 1 N–H and O–H groups in total. The molecule has 3 aromatic carbocycles. The molecule has 1 unspecified atom stereocenters. The number of sulfonamides is 2. The summed E-state index contributed by atoms with van der Waals surface area (Å²) in [6.45, 7) is 0.981. The molecular formula is C24H26N2O5S2. The van der Waals surface area contributed by atoms with E-state index in [0.29, 0.717) is 18.8 Å². The van der Waals surface area contributed by atoms with Crippen LogP contribution in [-0.4, -0.2) is 41.3 Å². The first kappa shape index (κ1) is 23.4. The van der Waals surface area contributed by atoms with Crippen molar-refractivity contribution in [2.24, 2.45) is 0 Å². The maximum Gasteiger partial charge on any atom is 0.243 e. The van der Waals surface area contributed by atoms with E-state index in [1.165, 1.54) is 28.6 Å². The van der Waals surface area contributed by atoms with Crippen LogP contribution < -0.4 is 9.46 Å². The topological polar surface area (TPSA) is 92.8 Å². The van der Waals surface area contributed by atoms with Crippen LogP contribution in [0.25, 0.3) is 0 Å². The van der Waals surface area contributed by atoms with Crippen molar-refractivity contribution >= 4 is 20.0 Å². The molecule has 0 bridgehead atoms. The summed E-state index contributed by atoms with van der Waals surface area (Å²) in [4.78, 5) is 0.0930. The molecule has 1 saturated heterocycles. The molecule has 0 amide bonds. The zero-order valence-corrected chi connectivity index (χ0v) is 19.8. The highest BCUT2D eigenvalue weighted by atomic mass is 32.2. The van der Waals surface area contributed by atoms with Gasteiger partial charge in [0, 0.05) is 13.1 Å². The van der Waals surface area contributed by atoms with Crippen LogP contribution in [0.3, 0.4) is 0 Å². The fraction of sp³-hybridized carbons (Fsp3) is 0.250. The number of nitrogens with one attached hydrogen (secondary N) is 1. The van der Waals surface area contributed by atoms with Gasteiger partial charge in [0.25, 0.3) is 0 Å². The number of ether oxygens (including phenoxy) is 1. The molecule has 1 fully saturated rings. The quantitative estimate of drug-likeness (QED) is 0.526. The number of hydrogen-bond acceptors (Lipinski definition) is 5. The Hall–Kier alpha value is -2.72. The molecule has 9 heteroatoms. The van der Waals surface area contributed by atoms with Gasteiger partial charge in [-0.25, -0.2) is 16.8 Å². The fourth-order valence-corrected chi connectivity index (χ4v) is 6.59. The zero-order chi connectivity index (χ0) is 23.5. The van der Waals surface area contributed by atoms with Crippen molar-refractivity contribution in [1.29, 1.82) is 0 Å². The summed E-state index contributed by atoms with van der Waals surface area (Å²) in [6, 6.07) is 21.2. The molecule has 0 radical (unpaired) electrons. The lowest BCUT2D eigenvalue weighted by Crippen LogP contribution is -2.30. The highest BCUT2D eigenvalue weighted by Gasteiger charge is 2.28. The Labute approximate surface area is 195 Å². The predicted octanol–water partition coefficient (Wildman–Crippen LogP) is 3.55. The molecule has 174 valence electrons. The van der Waals surface area contributed by atoms with Gasteiger partial charge >= 0.3 is 0 Å². The van der Waals surface area contributed by atoms with E-state index in [0.717, 1.165) is 24.0 Å². The van der Waals surface area contributed by atoms with E-state index in [1.807, 2.05) is 42.5 Å².